The van der Waals surface area contributed by atoms with Crippen LogP contribution in [0.2, 0.25) is 0 Å². The van der Waals surface area contributed by atoms with Gasteiger partial charge in [0.1, 0.15) is 0 Å². The van der Waals surface area contributed by atoms with Gasteiger partial charge in [-0.2, -0.15) is 0 Å². The average molecular weight is 226 g/mol. The molecule has 16 heavy (non-hydrogen) atoms. The summed E-state index contributed by atoms with van der Waals surface area (Å²) in [7, 11) is 0. The van der Waals surface area contributed by atoms with Gasteiger partial charge >= 0.3 is 0 Å². The lowest BCUT2D eigenvalue weighted by Gasteiger charge is -2.43. The van der Waals surface area contributed by atoms with Gasteiger partial charge in [0, 0.05) is 19.6 Å². The SMILES string of the molecule is CC1CCC(CN)(CN2CCOCC2)CC1. The molecule has 3 nitrogen and oxygen atoms in total. The molecule has 3 heteroatoms. The zero-order chi connectivity index (χ0) is 11.4. The zero-order valence-corrected chi connectivity index (χ0v) is 10.6. The molecule has 0 amide bonds. The Balaban J connectivity index is 1.88. The van der Waals surface area contributed by atoms with Gasteiger partial charge in [0.2, 0.25) is 0 Å². The molecule has 94 valence electrons. The third-order valence-corrected chi connectivity index (χ3v) is 4.43. The predicted octanol–water partition coefficient (Wildman–Crippen LogP) is 1.47. The molecular weight excluding hydrogens is 200 g/mol. The molecule has 1 heterocycles. The van der Waals surface area contributed by atoms with E-state index in [4.69, 9.17) is 10.5 Å². The van der Waals surface area contributed by atoms with E-state index in [1.807, 2.05) is 0 Å². The quantitative estimate of drug-likeness (QED) is 0.792. The Labute approximate surface area is 99.3 Å². The van der Waals surface area contributed by atoms with E-state index >= 15 is 0 Å². The molecule has 0 radical (unpaired) electrons. The zero-order valence-electron chi connectivity index (χ0n) is 10.6. The first-order chi connectivity index (χ1) is 7.74. The van der Waals surface area contributed by atoms with Crippen LogP contribution in [-0.4, -0.2) is 44.3 Å². The van der Waals surface area contributed by atoms with Crippen molar-refractivity contribution in [1.82, 2.24) is 4.90 Å². The summed E-state index contributed by atoms with van der Waals surface area (Å²) in [4.78, 5) is 2.55. The van der Waals surface area contributed by atoms with Gasteiger partial charge in [-0.15, -0.1) is 0 Å². The summed E-state index contributed by atoms with van der Waals surface area (Å²) < 4.78 is 5.40. The van der Waals surface area contributed by atoms with E-state index in [0.29, 0.717) is 5.41 Å². The van der Waals surface area contributed by atoms with E-state index in [2.05, 4.69) is 11.8 Å². The molecular formula is C13H26N2O. The molecule has 1 saturated heterocycles. The largest absolute Gasteiger partial charge is 0.379 e. The summed E-state index contributed by atoms with van der Waals surface area (Å²) in [6, 6.07) is 0. The third-order valence-electron chi connectivity index (χ3n) is 4.43. The van der Waals surface area contributed by atoms with E-state index < -0.39 is 0 Å². The number of nitrogens with zero attached hydrogens (tertiary/aromatic N) is 1. The molecule has 2 N–H and O–H groups in total. The summed E-state index contributed by atoms with van der Waals surface area (Å²) in [5.41, 5.74) is 6.45. The molecule has 0 atom stereocenters. The van der Waals surface area contributed by atoms with Crippen LogP contribution in [0.3, 0.4) is 0 Å². The van der Waals surface area contributed by atoms with Crippen LogP contribution >= 0.6 is 0 Å². The molecule has 0 aromatic carbocycles. The van der Waals surface area contributed by atoms with Crippen LogP contribution in [0, 0.1) is 11.3 Å². The van der Waals surface area contributed by atoms with Crippen molar-refractivity contribution in [3.05, 3.63) is 0 Å². The molecule has 0 unspecified atom stereocenters. The minimum absolute atomic E-state index is 0.407. The maximum Gasteiger partial charge on any atom is 0.0594 e. The van der Waals surface area contributed by atoms with E-state index in [1.54, 1.807) is 0 Å². The summed E-state index contributed by atoms with van der Waals surface area (Å²) in [6.07, 6.45) is 5.37. The van der Waals surface area contributed by atoms with Gasteiger partial charge in [-0.25, -0.2) is 0 Å². The highest BCUT2D eigenvalue weighted by molar-refractivity contribution is 4.88. The smallest absolute Gasteiger partial charge is 0.0594 e. The second-order valence-electron chi connectivity index (χ2n) is 5.78. The Bertz CT molecular complexity index is 206. The van der Waals surface area contributed by atoms with E-state index in [0.717, 1.165) is 38.8 Å². The highest BCUT2D eigenvalue weighted by Crippen LogP contribution is 2.38. The monoisotopic (exact) mass is 226 g/mol. The highest BCUT2D eigenvalue weighted by atomic mass is 16.5. The van der Waals surface area contributed by atoms with Crippen molar-refractivity contribution in [1.29, 1.82) is 0 Å². The van der Waals surface area contributed by atoms with Crippen molar-refractivity contribution in [2.45, 2.75) is 32.6 Å². The van der Waals surface area contributed by atoms with Gasteiger partial charge in [-0.3, -0.25) is 4.90 Å². The van der Waals surface area contributed by atoms with Crippen molar-refractivity contribution in [3.8, 4) is 0 Å². The number of nitrogens with two attached hydrogens (primary N) is 1. The first-order valence-electron chi connectivity index (χ1n) is 6.74. The van der Waals surface area contributed by atoms with Crippen molar-refractivity contribution < 1.29 is 4.74 Å². The fourth-order valence-corrected chi connectivity index (χ4v) is 3.03. The fourth-order valence-electron chi connectivity index (χ4n) is 3.03. The fraction of sp³-hybridized carbons (Fsp3) is 1.00. The summed E-state index contributed by atoms with van der Waals surface area (Å²) in [5, 5.41) is 0. The van der Waals surface area contributed by atoms with Gasteiger partial charge < -0.3 is 10.5 Å². The molecule has 1 saturated carbocycles. The van der Waals surface area contributed by atoms with Gasteiger partial charge in [0.05, 0.1) is 13.2 Å². The molecule has 1 aliphatic heterocycles. The number of rotatable bonds is 3. The third kappa shape index (κ3) is 2.96. The highest BCUT2D eigenvalue weighted by Gasteiger charge is 2.34. The lowest BCUT2D eigenvalue weighted by molar-refractivity contribution is 0.00613. The van der Waals surface area contributed by atoms with Crippen molar-refractivity contribution in [2.75, 3.05) is 39.4 Å². The van der Waals surface area contributed by atoms with Gasteiger partial charge in [0.25, 0.3) is 0 Å². The van der Waals surface area contributed by atoms with Crippen LogP contribution in [0.5, 0.6) is 0 Å². The Morgan fingerprint density at radius 2 is 1.88 bits per heavy atom. The van der Waals surface area contributed by atoms with Gasteiger partial charge in [0.15, 0.2) is 0 Å². The Morgan fingerprint density at radius 1 is 1.25 bits per heavy atom. The van der Waals surface area contributed by atoms with Crippen LogP contribution in [0.25, 0.3) is 0 Å². The summed E-state index contributed by atoms with van der Waals surface area (Å²) >= 11 is 0. The predicted molar refractivity (Wildman–Crippen MR) is 66.4 cm³/mol. The van der Waals surface area contributed by atoms with Gasteiger partial charge in [-0.1, -0.05) is 19.8 Å². The van der Waals surface area contributed by atoms with Gasteiger partial charge in [-0.05, 0) is 30.7 Å². The van der Waals surface area contributed by atoms with E-state index in [9.17, 15) is 0 Å². The molecule has 0 spiro atoms. The van der Waals surface area contributed by atoms with Crippen LogP contribution in [0.15, 0.2) is 0 Å². The normalized spacial score (nSPS) is 37.5. The lowest BCUT2D eigenvalue weighted by Crippen LogP contribution is -2.48. The van der Waals surface area contributed by atoms with Crippen LogP contribution in [0.1, 0.15) is 32.6 Å². The number of morpholine rings is 1. The van der Waals surface area contributed by atoms with Crippen LogP contribution in [-0.2, 0) is 4.74 Å². The number of ether oxygens (including phenoxy) is 1. The minimum atomic E-state index is 0.407. The van der Waals surface area contributed by atoms with Crippen LogP contribution < -0.4 is 5.73 Å². The molecule has 2 rings (SSSR count). The van der Waals surface area contributed by atoms with Crippen molar-refractivity contribution in [3.63, 3.8) is 0 Å². The Kier molecular flexibility index (Phi) is 4.22. The first-order valence-corrected chi connectivity index (χ1v) is 6.74. The molecule has 2 aliphatic rings. The lowest BCUT2D eigenvalue weighted by atomic mass is 9.70. The number of hydrogen-bond donors (Lipinski definition) is 1. The first kappa shape index (κ1) is 12.3. The summed E-state index contributed by atoms with van der Waals surface area (Å²) in [6.45, 7) is 8.41. The number of hydrogen-bond acceptors (Lipinski definition) is 3. The molecule has 0 bridgehead atoms. The topological polar surface area (TPSA) is 38.5 Å². The molecule has 0 aromatic rings. The standard InChI is InChI=1S/C13H26N2O/c1-12-2-4-13(10-14,5-3-12)11-15-6-8-16-9-7-15/h12H,2-11,14H2,1H3. The minimum Gasteiger partial charge on any atom is -0.379 e. The molecule has 1 aliphatic carbocycles. The second-order valence-corrected chi connectivity index (χ2v) is 5.78. The second kappa shape index (κ2) is 5.48. The Hall–Kier alpha value is -0.120. The van der Waals surface area contributed by atoms with E-state index in [-0.39, 0.29) is 0 Å². The molecule has 2 fully saturated rings. The molecule has 0 aromatic heterocycles. The van der Waals surface area contributed by atoms with Crippen molar-refractivity contribution in [2.24, 2.45) is 17.1 Å². The Morgan fingerprint density at radius 3 is 2.44 bits per heavy atom. The summed E-state index contributed by atoms with van der Waals surface area (Å²) in [5.74, 6) is 0.907. The van der Waals surface area contributed by atoms with E-state index in [1.165, 1.54) is 32.2 Å². The van der Waals surface area contributed by atoms with Crippen molar-refractivity contribution >= 4 is 0 Å². The average Bonchev–Trinajstić information content (AvgIpc) is 2.34. The maximum absolute atomic E-state index is 6.04. The van der Waals surface area contributed by atoms with Crippen LogP contribution in [0.4, 0.5) is 0 Å². The maximum atomic E-state index is 6.04.